The third kappa shape index (κ3) is 2.07. The molecule has 2 atom stereocenters. The third-order valence-corrected chi connectivity index (χ3v) is 2.66. The minimum Gasteiger partial charge on any atom is -0.480 e. The summed E-state index contributed by atoms with van der Waals surface area (Å²) in [6.45, 7) is 6.11. The molecule has 0 aliphatic carbocycles. The maximum atomic E-state index is 10.7. The van der Waals surface area contributed by atoms with Gasteiger partial charge in [-0.3, -0.25) is 9.48 Å². The summed E-state index contributed by atoms with van der Waals surface area (Å²) in [5.41, 5.74) is 7.27. The molecule has 16 heavy (non-hydrogen) atoms. The highest BCUT2D eigenvalue weighted by molar-refractivity contribution is 5.74. The molecule has 1 aromatic rings. The molecule has 0 aliphatic rings. The summed E-state index contributed by atoms with van der Waals surface area (Å²) in [5.74, 6) is -1.23. The maximum absolute atomic E-state index is 10.7. The van der Waals surface area contributed by atoms with E-state index in [1.807, 2.05) is 6.92 Å². The van der Waals surface area contributed by atoms with Gasteiger partial charge in [0.1, 0.15) is 12.1 Å². The second-order valence-electron chi connectivity index (χ2n) is 3.71. The summed E-state index contributed by atoms with van der Waals surface area (Å²) in [7, 11) is 0. The Balaban J connectivity index is 3.13. The zero-order valence-electron chi connectivity index (χ0n) is 9.64. The molecule has 0 fully saturated rings. The average molecular weight is 227 g/mol. The van der Waals surface area contributed by atoms with Gasteiger partial charge in [-0.15, -0.1) is 0 Å². The van der Waals surface area contributed by atoms with Gasteiger partial charge in [0.25, 0.3) is 0 Å². The first kappa shape index (κ1) is 12.7. The second-order valence-corrected chi connectivity index (χ2v) is 3.71. The Hall–Kier alpha value is -1.40. The lowest BCUT2D eigenvalue weighted by atomic mass is 10.0. The molecule has 90 valence electrons. The van der Waals surface area contributed by atoms with Gasteiger partial charge in [0.2, 0.25) is 0 Å². The lowest BCUT2D eigenvalue weighted by molar-refractivity contribution is -0.141. The first-order valence-electron chi connectivity index (χ1n) is 5.10. The van der Waals surface area contributed by atoms with Crippen molar-refractivity contribution in [1.82, 2.24) is 9.78 Å². The van der Waals surface area contributed by atoms with E-state index in [4.69, 9.17) is 10.8 Å². The minimum absolute atomic E-state index is 0.511. The van der Waals surface area contributed by atoms with Gasteiger partial charge < -0.3 is 15.9 Å². The Morgan fingerprint density at radius 2 is 2.12 bits per heavy atom. The maximum Gasteiger partial charge on any atom is 0.323 e. The third-order valence-electron chi connectivity index (χ3n) is 2.66. The molecule has 1 heterocycles. The van der Waals surface area contributed by atoms with Crippen LogP contribution < -0.4 is 5.73 Å². The van der Waals surface area contributed by atoms with Gasteiger partial charge in [-0.1, -0.05) is 0 Å². The molecule has 0 aliphatic heterocycles. The summed E-state index contributed by atoms with van der Waals surface area (Å²) in [4.78, 5) is 10.7. The Labute approximate surface area is 93.7 Å². The number of aliphatic hydroxyl groups excluding tert-OH is 1. The van der Waals surface area contributed by atoms with E-state index in [2.05, 4.69) is 5.10 Å². The van der Waals surface area contributed by atoms with E-state index in [9.17, 15) is 9.90 Å². The van der Waals surface area contributed by atoms with Crippen molar-refractivity contribution in [2.75, 3.05) is 0 Å². The van der Waals surface area contributed by atoms with Crippen LogP contribution in [0.5, 0.6) is 0 Å². The SMILES string of the molecule is CCn1nc(C)c(C(O)C(N)C(=O)O)c1C. The number of hydrogen-bond acceptors (Lipinski definition) is 4. The summed E-state index contributed by atoms with van der Waals surface area (Å²) < 4.78 is 1.71. The number of aromatic nitrogens is 2. The zero-order chi connectivity index (χ0) is 12.5. The lowest BCUT2D eigenvalue weighted by Crippen LogP contribution is -2.37. The number of aliphatic carboxylic acids is 1. The summed E-state index contributed by atoms with van der Waals surface area (Å²) in [6, 6.07) is -1.33. The highest BCUT2D eigenvalue weighted by atomic mass is 16.4. The van der Waals surface area contributed by atoms with Crippen molar-refractivity contribution in [3.05, 3.63) is 17.0 Å². The van der Waals surface area contributed by atoms with Crippen molar-refractivity contribution in [3.63, 3.8) is 0 Å². The summed E-state index contributed by atoms with van der Waals surface area (Å²) in [5, 5.41) is 22.8. The molecule has 6 nitrogen and oxygen atoms in total. The molecule has 1 rings (SSSR count). The Kier molecular flexibility index (Phi) is 3.66. The van der Waals surface area contributed by atoms with Gasteiger partial charge in [0.15, 0.2) is 0 Å². The fourth-order valence-electron chi connectivity index (χ4n) is 1.76. The minimum atomic E-state index is -1.33. The monoisotopic (exact) mass is 227 g/mol. The summed E-state index contributed by atoms with van der Waals surface area (Å²) in [6.07, 6.45) is -1.22. The highest BCUT2D eigenvalue weighted by Gasteiger charge is 2.28. The number of aliphatic hydroxyl groups is 1. The molecular formula is C10H17N3O3. The largest absolute Gasteiger partial charge is 0.480 e. The molecule has 0 saturated carbocycles. The van der Waals surface area contributed by atoms with E-state index in [0.29, 0.717) is 17.8 Å². The van der Waals surface area contributed by atoms with Crippen LogP contribution in [0.4, 0.5) is 0 Å². The van der Waals surface area contributed by atoms with Crippen LogP contribution in [0.2, 0.25) is 0 Å². The topological polar surface area (TPSA) is 101 Å². The predicted molar refractivity (Wildman–Crippen MR) is 57.9 cm³/mol. The molecule has 6 heteroatoms. The fourth-order valence-corrected chi connectivity index (χ4v) is 1.76. The van der Waals surface area contributed by atoms with Crippen LogP contribution in [0.25, 0.3) is 0 Å². The van der Waals surface area contributed by atoms with E-state index >= 15 is 0 Å². The van der Waals surface area contributed by atoms with Gasteiger partial charge >= 0.3 is 5.97 Å². The normalized spacial score (nSPS) is 14.8. The number of aryl methyl sites for hydroxylation is 2. The van der Waals surface area contributed by atoms with Crippen molar-refractivity contribution in [2.45, 2.75) is 39.5 Å². The molecular weight excluding hydrogens is 210 g/mol. The smallest absolute Gasteiger partial charge is 0.323 e. The Morgan fingerprint density at radius 3 is 2.50 bits per heavy atom. The van der Waals surface area contributed by atoms with Crippen LogP contribution in [0.1, 0.15) is 30.0 Å². The van der Waals surface area contributed by atoms with E-state index in [1.165, 1.54) is 0 Å². The number of nitrogens with zero attached hydrogens (tertiary/aromatic N) is 2. The highest BCUT2D eigenvalue weighted by Crippen LogP contribution is 2.23. The standard InChI is InChI=1S/C10H17N3O3/c1-4-13-6(3)7(5(2)12-13)9(14)8(11)10(15)16/h8-9,14H,4,11H2,1-3H3,(H,15,16). The van der Waals surface area contributed by atoms with Crippen molar-refractivity contribution < 1.29 is 15.0 Å². The van der Waals surface area contributed by atoms with Crippen molar-refractivity contribution in [2.24, 2.45) is 5.73 Å². The molecule has 2 unspecified atom stereocenters. The van der Waals surface area contributed by atoms with E-state index in [0.717, 1.165) is 5.69 Å². The zero-order valence-corrected chi connectivity index (χ0v) is 9.64. The van der Waals surface area contributed by atoms with E-state index in [1.54, 1.807) is 18.5 Å². The van der Waals surface area contributed by atoms with E-state index < -0.39 is 18.1 Å². The quantitative estimate of drug-likeness (QED) is 0.670. The van der Waals surface area contributed by atoms with Crippen LogP contribution in [-0.4, -0.2) is 32.0 Å². The van der Waals surface area contributed by atoms with Crippen LogP contribution >= 0.6 is 0 Å². The van der Waals surface area contributed by atoms with E-state index in [-0.39, 0.29) is 0 Å². The van der Waals surface area contributed by atoms with Crippen molar-refractivity contribution in [3.8, 4) is 0 Å². The number of hydrogen-bond donors (Lipinski definition) is 3. The molecule has 0 aromatic carbocycles. The van der Waals surface area contributed by atoms with Crippen molar-refractivity contribution >= 4 is 5.97 Å². The molecule has 0 amide bonds. The van der Waals surface area contributed by atoms with Crippen LogP contribution in [-0.2, 0) is 11.3 Å². The number of carboxylic acids is 1. The number of rotatable bonds is 4. The lowest BCUT2D eigenvalue weighted by Gasteiger charge is -2.15. The Bertz CT molecular complexity index is 400. The van der Waals surface area contributed by atoms with Crippen LogP contribution in [0.15, 0.2) is 0 Å². The van der Waals surface area contributed by atoms with Gasteiger partial charge in [-0.2, -0.15) is 5.10 Å². The molecule has 0 saturated heterocycles. The fraction of sp³-hybridized carbons (Fsp3) is 0.600. The van der Waals surface area contributed by atoms with Crippen LogP contribution in [0.3, 0.4) is 0 Å². The summed E-state index contributed by atoms with van der Waals surface area (Å²) >= 11 is 0. The van der Waals surface area contributed by atoms with Gasteiger partial charge in [-0.25, -0.2) is 0 Å². The van der Waals surface area contributed by atoms with Gasteiger partial charge in [-0.05, 0) is 20.8 Å². The van der Waals surface area contributed by atoms with Gasteiger partial charge in [0.05, 0.1) is 5.69 Å². The van der Waals surface area contributed by atoms with Crippen LogP contribution in [0, 0.1) is 13.8 Å². The molecule has 4 N–H and O–H groups in total. The molecule has 0 spiro atoms. The first-order valence-corrected chi connectivity index (χ1v) is 5.10. The number of carboxylic acid groups (broad SMARTS) is 1. The Morgan fingerprint density at radius 1 is 1.56 bits per heavy atom. The van der Waals surface area contributed by atoms with Gasteiger partial charge in [0, 0.05) is 17.8 Å². The predicted octanol–water partition coefficient (Wildman–Crippen LogP) is -0.0349. The second kappa shape index (κ2) is 4.63. The average Bonchev–Trinajstić information content (AvgIpc) is 2.51. The molecule has 0 bridgehead atoms. The first-order chi connectivity index (χ1) is 7.40. The van der Waals surface area contributed by atoms with Crippen molar-refractivity contribution in [1.29, 1.82) is 0 Å². The molecule has 0 radical (unpaired) electrons. The number of nitrogens with two attached hydrogens (primary N) is 1. The molecule has 1 aromatic heterocycles. The number of carbonyl (C=O) groups is 1.